The fourth-order valence-corrected chi connectivity index (χ4v) is 4.23. The molecule has 2 saturated heterocycles. The Balaban J connectivity index is 1.41. The van der Waals surface area contributed by atoms with E-state index in [4.69, 9.17) is 0 Å². The fourth-order valence-electron chi connectivity index (χ4n) is 4.23. The van der Waals surface area contributed by atoms with Crippen LogP contribution in [0.1, 0.15) is 50.7 Å². The molecule has 172 valence electrons. The van der Waals surface area contributed by atoms with Gasteiger partial charge in [0.05, 0.1) is 0 Å². The van der Waals surface area contributed by atoms with Gasteiger partial charge in [0.25, 0.3) is 5.91 Å². The second-order valence-electron chi connectivity index (χ2n) is 8.97. The Kier molecular flexibility index (Phi) is 5.93. The van der Waals surface area contributed by atoms with Gasteiger partial charge in [-0.25, -0.2) is 4.79 Å². The maximum atomic E-state index is 13.1. The van der Waals surface area contributed by atoms with Crippen molar-refractivity contribution in [3.63, 3.8) is 0 Å². The van der Waals surface area contributed by atoms with Gasteiger partial charge in [0.15, 0.2) is 0 Å². The summed E-state index contributed by atoms with van der Waals surface area (Å²) in [7, 11) is 0. The van der Waals surface area contributed by atoms with E-state index >= 15 is 0 Å². The zero-order chi connectivity index (χ0) is 23.8. The average Bonchev–Trinajstić information content (AvgIpc) is 3.31. The van der Waals surface area contributed by atoms with Gasteiger partial charge in [0.2, 0.25) is 11.8 Å². The number of anilines is 2. The van der Waals surface area contributed by atoms with Crippen molar-refractivity contribution < 1.29 is 19.2 Å². The Morgan fingerprint density at radius 3 is 2.30 bits per heavy atom. The van der Waals surface area contributed by atoms with Crippen LogP contribution in [0.25, 0.3) is 0 Å². The predicted molar refractivity (Wildman–Crippen MR) is 125 cm³/mol. The van der Waals surface area contributed by atoms with E-state index < -0.39 is 29.9 Å². The van der Waals surface area contributed by atoms with Crippen molar-refractivity contribution in [2.24, 2.45) is 0 Å². The van der Waals surface area contributed by atoms with E-state index in [1.54, 1.807) is 36.1 Å². The van der Waals surface area contributed by atoms with Crippen molar-refractivity contribution in [3.05, 3.63) is 59.7 Å². The monoisotopic (exact) mass is 448 g/mol. The molecule has 2 aliphatic heterocycles. The molecule has 0 saturated carbocycles. The van der Waals surface area contributed by atoms with Crippen LogP contribution in [0.2, 0.25) is 0 Å². The number of urea groups is 1. The van der Waals surface area contributed by atoms with Crippen molar-refractivity contribution in [2.45, 2.75) is 45.1 Å². The van der Waals surface area contributed by atoms with E-state index in [2.05, 4.69) is 24.5 Å². The second-order valence-corrected chi connectivity index (χ2v) is 8.97. The van der Waals surface area contributed by atoms with Gasteiger partial charge in [0.1, 0.15) is 12.1 Å². The third kappa shape index (κ3) is 4.33. The molecule has 2 aromatic carbocycles. The van der Waals surface area contributed by atoms with E-state index in [0.29, 0.717) is 30.1 Å². The summed E-state index contributed by atoms with van der Waals surface area (Å²) in [6.07, 6.45) is 1.38. The third-order valence-electron chi connectivity index (χ3n) is 6.27. The van der Waals surface area contributed by atoms with E-state index in [9.17, 15) is 19.2 Å². The molecule has 33 heavy (non-hydrogen) atoms. The molecule has 2 fully saturated rings. The van der Waals surface area contributed by atoms with Crippen molar-refractivity contribution in [1.29, 1.82) is 0 Å². The molecule has 5 amide bonds. The Hall–Kier alpha value is -3.68. The first kappa shape index (κ1) is 22.5. The van der Waals surface area contributed by atoms with E-state index in [0.717, 1.165) is 22.6 Å². The van der Waals surface area contributed by atoms with Gasteiger partial charge < -0.3 is 15.5 Å². The van der Waals surface area contributed by atoms with Crippen LogP contribution in [-0.4, -0.2) is 41.7 Å². The maximum absolute atomic E-state index is 13.1. The van der Waals surface area contributed by atoms with Gasteiger partial charge in [-0.3, -0.25) is 19.3 Å². The molecule has 8 heteroatoms. The molecule has 2 aromatic rings. The van der Waals surface area contributed by atoms with Crippen molar-refractivity contribution >= 4 is 35.1 Å². The number of nitrogens with zero attached hydrogens (tertiary/aromatic N) is 2. The first-order valence-electron chi connectivity index (χ1n) is 11.1. The standard InChI is InChI=1S/C25H28N4O4/c1-16(2)17-6-8-18(9-7-17)25(3)23(32)29(24(33)27-25)15-21(30)26-19-10-12-20(13-11-19)28-14-4-5-22(28)31/h6-13,16H,4-5,14-15H2,1-3H3,(H,26,30)(H,27,33)/t25-/m0/s1. The fraction of sp³-hybridized carbons (Fsp3) is 0.360. The Labute approximate surface area is 192 Å². The topological polar surface area (TPSA) is 98.8 Å². The lowest BCUT2D eigenvalue weighted by molar-refractivity contribution is -0.133. The highest BCUT2D eigenvalue weighted by Gasteiger charge is 2.49. The first-order valence-corrected chi connectivity index (χ1v) is 11.1. The summed E-state index contributed by atoms with van der Waals surface area (Å²) >= 11 is 0. The molecule has 2 N–H and O–H groups in total. The molecule has 0 aliphatic carbocycles. The summed E-state index contributed by atoms with van der Waals surface area (Å²) < 4.78 is 0. The molecule has 0 spiro atoms. The summed E-state index contributed by atoms with van der Waals surface area (Å²) in [6, 6.07) is 13.9. The molecule has 0 unspecified atom stereocenters. The Morgan fingerprint density at radius 2 is 1.73 bits per heavy atom. The predicted octanol–water partition coefficient (Wildman–Crippen LogP) is 3.34. The molecule has 0 radical (unpaired) electrons. The number of benzene rings is 2. The second kappa shape index (κ2) is 8.69. The highest BCUT2D eigenvalue weighted by molar-refractivity contribution is 6.10. The van der Waals surface area contributed by atoms with E-state index in [1.807, 2.05) is 24.3 Å². The molecule has 0 bridgehead atoms. The summed E-state index contributed by atoms with van der Waals surface area (Å²) in [6.45, 7) is 6.11. The molecule has 0 aromatic heterocycles. The number of nitrogens with one attached hydrogen (secondary N) is 2. The number of hydrogen-bond acceptors (Lipinski definition) is 4. The van der Waals surface area contributed by atoms with E-state index in [1.165, 1.54) is 0 Å². The summed E-state index contributed by atoms with van der Waals surface area (Å²) in [5.41, 5.74) is 1.88. The molecule has 8 nitrogen and oxygen atoms in total. The molecular weight excluding hydrogens is 420 g/mol. The number of rotatable bonds is 6. The molecule has 2 aliphatic rings. The highest BCUT2D eigenvalue weighted by atomic mass is 16.2. The SMILES string of the molecule is CC(C)c1ccc([C@]2(C)NC(=O)N(CC(=O)Nc3ccc(N4CCCC4=O)cc3)C2=O)cc1. The van der Waals surface area contributed by atoms with Crippen molar-refractivity contribution in [3.8, 4) is 0 Å². The quantitative estimate of drug-likeness (QED) is 0.662. The Bertz CT molecular complexity index is 1090. The summed E-state index contributed by atoms with van der Waals surface area (Å²) in [5.74, 6) is -0.510. The van der Waals surface area contributed by atoms with Crippen LogP contribution in [0.4, 0.5) is 16.2 Å². The van der Waals surface area contributed by atoms with Crippen LogP contribution in [0, 0.1) is 0 Å². The van der Waals surface area contributed by atoms with Gasteiger partial charge in [-0.05, 0) is 54.7 Å². The average molecular weight is 449 g/mol. The van der Waals surface area contributed by atoms with Crippen LogP contribution in [0.3, 0.4) is 0 Å². The zero-order valence-corrected chi connectivity index (χ0v) is 19.1. The number of hydrogen-bond donors (Lipinski definition) is 2. The molecule has 2 heterocycles. The molecular formula is C25H28N4O4. The maximum Gasteiger partial charge on any atom is 0.325 e. The number of amides is 5. The smallest absolute Gasteiger partial charge is 0.325 e. The minimum atomic E-state index is -1.23. The molecule has 1 atom stereocenters. The van der Waals surface area contributed by atoms with Gasteiger partial charge >= 0.3 is 6.03 Å². The highest BCUT2D eigenvalue weighted by Crippen LogP contribution is 2.30. The lowest BCUT2D eigenvalue weighted by Gasteiger charge is -2.22. The largest absolute Gasteiger partial charge is 0.325 e. The normalized spacial score (nSPS) is 20.5. The summed E-state index contributed by atoms with van der Waals surface area (Å²) in [5, 5.41) is 5.44. The first-order chi connectivity index (χ1) is 15.7. The zero-order valence-electron chi connectivity index (χ0n) is 19.1. The van der Waals surface area contributed by atoms with Crippen LogP contribution in [-0.2, 0) is 19.9 Å². The van der Waals surface area contributed by atoms with Crippen molar-refractivity contribution in [2.75, 3.05) is 23.3 Å². The summed E-state index contributed by atoms with van der Waals surface area (Å²) in [4.78, 5) is 52.7. The third-order valence-corrected chi connectivity index (χ3v) is 6.27. The number of carbonyl (C=O) groups excluding carboxylic acids is 4. The lowest BCUT2D eigenvalue weighted by Crippen LogP contribution is -2.42. The number of imide groups is 1. The number of carbonyl (C=O) groups is 4. The lowest BCUT2D eigenvalue weighted by atomic mass is 9.90. The van der Waals surface area contributed by atoms with Crippen LogP contribution in [0.15, 0.2) is 48.5 Å². The van der Waals surface area contributed by atoms with Gasteiger partial charge in [-0.1, -0.05) is 38.1 Å². The van der Waals surface area contributed by atoms with Crippen LogP contribution >= 0.6 is 0 Å². The van der Waals surface area contributed by atoms with Gasteiger partial charge in [-0.15, -0.1) is 0 Å². The van der Waals surface area contributed by atoms with Gasteiger partial charge in [-0.2, -0.15) is 0 Å². The van der Waals surface area contributed by atoms with Gasteiger partial charge in [0, 0.05) is 24.3 Å². The van der Waals surface area contributed by atoms with Crippen LogP contribution < -0.4 is 15.5 Å². The minimum absolute atomic E-state index is 0.0900. The van der Waals surface area contributed by atoms with Crippen LogP contribution in [0.5, 0.6) is 0 Å². The molecule has 4 rings (SSSR count). The van der Waals surface area contributed by atoms with Crippen molar-refractivity contribution in [1.82, 2.24) is 10.2 Å². The van der Waals surface area contributed by atoms with E-state index in [-0.39, 0.29) is 5.91 Å². The minimum Gasteiger partial charge on any atom is -0.325 e. The Morgan fingerprint density at radius 1 is 1.06 bits per heavy atom.